The molecule has 3 rings (SSSR count). The lowest BCUT2D eigenvalue weighted by Crippen LogP contribution is -2.49. The Hall–Kier alpha value is -2.08. The molecule has 0 spiro atoms. The molecule has 2 heterocycles. The van der Waals surface area contributed by atoms with Crippen LogP contribution in [0.1, 0.15) is 18.4 Å². The van der Waals surface area contributed by atoms with Crippen molar-refractivity contribution in [2.24, 2.45) is 4.99 Å². The summed E-state index contributed by atoms with van der Waals surface area (Å²) in [6.07, 6.45) is 2.97. The van der Waals surface area contributed by atoms with Crippen LogP contribution in [-0.2, 0) is 6.42 Å². The maximum absolute atomic E-state index is 13.2. The van der Waals surface area contributed by atoms with E-state index >= 15 is 0 Å². The lowest BCUT2D eigenvalue weighted by atomic mass is 10.1. The van der Waals surface area contributed by atoms with E-state index in [9.17, 15) is 4.39 Å². The van der Waals surface area contributed by atoms with Crippen molar-refractivity contribution < 1.29 is 4.39 Å². The molecule has 2 aromatic rings. The van der Waals surface area contributed by atoms with Crippen LogP contribution in [0.3, 0.4) is 0 Å². The quantitative estimate of drug-likeness (QED) is 0.635. The fourth-order valence-electron chi connectivity index (χ4n) is 3.10. The Morgan fingerprint density at radius 3 is 2.80 bits per heavy atom. The zero-order valence-corrected chi connectivity index (χ0v) is 15.4. The topological polar surface area (TPSA) is 39.7 Å². The molecular weight excluding hydrogens is 335 g/mol. The van der Waals surface area contributed by atoms with E-state index < -0.39 is 0 Å². The molecule has 25 heavy (non-hydrogen) atoms. The van der Waals surface area contributed by atoms with Crippen LogP contribution < -0.4 is 15.5 Å². The highest BCUT2D eigenvalue weighted by molar-refractivity contribution is 7.14. The largest absolute Gasteiger partial charge is 0.363 e. The first-order valence-electron chi connectivity index (χ1n) is 8.74. The fraction of sp³-hybridized carbons (Fsp3) is 0.421. The predicted octanol–water partition coefficient (Wildman–Crippen LogP) is 3.26. The van der Waals surface area contributed by atoms with E-state index in [4.69, 9.17) is 0 Å². The average molecular weight is 361 g/mol. The van der Waals surface area contributed by atoms with Gasteiger partial charge in [-0.05, 0) is 54.5 Å². The number of anilines is 1. The molecule has 0 atom stereocenters. The summed E-state index contributed by atoms with van der Waals surface area (Å²) in [5, 5.41) is 10.3. The molecule has 0 radical (unpaired) electrons. The molecule has 1 aliphatic rings. The van der Waals surface area contributed by atoms with Crippen molar-refractivity contribution in [2.45, 2.75) is 25.3 Å². The summed E-state index contributed by atoms with van der Waals surface area (Å²) in [6, 6.07) is 11.5. The molecule has 2 N–H and O–H groups in total. The van der Waals surface area contributed by atoms with Gasteiger partial charge in [0.2, 0.25) is 0 Å². The zero-order valence-electron chi connectivity index (χ0n) is 14.5. The fourth-order valence-corrected chi connectivity index (χ4v) is 3.89. The van der Waals surface area contributed by atoms with Gasteiger partial charge < -0.3 is 15.5 Å². The Kier molecular flexibility index (Phi) is 6.28. The minimum Gasteiger partial charge on any atom is -0.363 e. The standard InChI is InChI=1S/C19H25FN4S/c1-21-19(22-10-7-15-4-2-5-16(20)14-15)23-17-8-11-24(12-9-17)18-6-3-13-25-18/h2-6,13-14,17H,7-12H2,1H3,(H2,21,22,23). The van der Waals surface area contributed by atoms with Gasteiger partial charge in [0, 0.05) is 32.7 Å². The number of hydrogen-bond acceptors (Lipinski definition) is 3. The monoisotopic (exact) mass is 360 g/mol. The predicted molar refractivity (Wildman–Crippen MR) is 104 cm³/mol. The van der Waals surface area contributed by atoms with E-state index in [-0.39, 0.29) is 5.82 Å². The molecule has 1 saturated heterocycles. The summed E-state index contributed by atoms with van der Waals surface area (Å²) in [4.78, 5) is 6.76. The number of halogens is 1. The van der Waals surface area contributed by atoms with Gasteiger partial charge in [-0.3, -0.25) is 4.99 Å². The summed E-state index contributed by atoms with van der Waals surface area (Å²) in [7, 11) is 1.79. The van der Waals surface area contributed by atoms with Gasteiger partial charge in [-0.15, -0.1) is 11.3 Å². The van der Waals surface area contributed by atoms with Crippen LogP contribution >= 0.6 is 11.3 Å². The van der Waals surface area contributed by atoms with Crippen molar-refractivity contribution in [3.05, 3.63) is 53.2 Å². The number of hydrogen-bond donors (Lipinski definition) is 2. The highest BCUT2D eigenvalue weighted by atomic mass is 32.1. The highest BCUT2D eigenvalue weighted by Crippen LogP contribution is 2.24. The molecule has 134 valence electrons. The van der Waals surface area contributed by atoms with Crippen molar-refractivity contribution in [2.75, 3.05) is 31.6 Å². The molecule has 0 bridgehead atoms. The van der Waals surface area contributed by atoms with E-state index in [1.54, 1.807) is 30.5 Å². The van der Waals surface area contributed by atoms with Gasteiger partial charge in [0.1, 0.15) is 5.82 Å². The van der Waals surface area contributed by atoms with Gasteiger partial charge >= 0.3 is 0 Å². The smallest absolute Gasteiger partial charge is 0.191 e. The summed E-state index contributed by atoms with van der Waals surface area (Å²) in [5.74, 6) is 0.642. The zero-order chi connectivity index (χ0) is 17.5. The van der Waals surface area contributed by atoms with E-state index in [0.29, 0.717) is 6.04 Å². The number of piperidine rings is 1. The molecule has 1 fully saturated rings. The third-order valence-corrected chi connectivity index (χ3v) is 5.40. The highest BCUT2D eigenvalue weighted by Gasteiger charge is 2.20. The van der Waals surface area contributed by atoms with Crippen LogP contribution in [0.4, 0.5) is 9.39 Å². The minimum atomic E-state index is -0.183. The third-order valence-electron chi connectivity index (χ3n) is 4.47. The molecule has 1 aromatic heterocycles. The van der Waals surface area contributed by atoms with Crippen molar-refractivity contribution in [3.63, 3.8) is 0 Å². The number of benzene rings is 1. The average Bonchev–Trinajstić information content (AvgIpc) is 3.16. The molecule has 0 aliphatic carbocycles. The SMILES string of the molecule is CN=C(NCCc1cccc(F)c1)NC1CCN(c2cccs2)CC1. The van der Waals surface area contributed by atoms with Gasteiger partial charge in [0.15, 0.2) is 5.96 Å². The second-order valence-electron chi connectivity index (χ2n) is 6.24. The Bertz CT molecular complexity index is 678. The van der Waals surface area contributed by atoms with Crippen molar-refractivity contribution >= 4 is 22.3 Å². The van der Waals surface area contributed by atoms with Crippen LogP contribution in [0.5, 0.6) is 0 Å². The maximum atomic E-state index is 13.2. The van der Waals surface area contributed by atoms with Crippen molar-refractivity contribution in [1.29, 1.82) is 0 Å². The molecule has 0 amide bonds. The number of nitrogens with one attached hydrogen (secondary N) is 2. The Morgan fingerprint density at radius 1 is 1.28 bits per heavy atom. The Balaban J connectivity index is 1.41. The van der Waals surface area contributed by atoms with Crippen LogP contribution in [0.15, 0.2) is 46.8 Å². The number of nitrogens with zero attached hydrogens (tertiary/aromatic N) is 2. The number of thiophene rings is 1. The Labute approximate surface area is 152 Å². The molecule has 0 unspecified atom stereocenters. The minimum absolute atomic E-state index is 0.183. The first-order valence-corrected chi connectivity index (χ1v) is 9.62. The van der Waals surface area contributed by atoms with Gasteiger partial charge in [-0.2, -0.15) is 0 Å². The number of rotatable bonds is 5. The van der Waals surface area contributed by atoms with Crippen LogP contribution in [0.25, 0.3) is 0 Å². The van der Waals surface area contributed by atoms with Gasteiger partial charge in [-0.1, -0.05) is 12.1 Å². The summed E-state index contributed by atoms with van der Waals surface area (Å²) >= 11 is 1.80. The first kappa shape index (κ1) is 17.7. The Morgan fingerprint density at radius 2 is 2.12 bits per heavy atom. The lowest BCUT2D eigenvalue weighted by molar-refractivity contribution is 0.463. The molecular formula is C19H25FN4S. The van der Waals surface area contributed by atoms with Crippen molar-refractivity contribution in [3.8, 4) is 0 Å². The van der Waals surface area contributed by atoms with Gasteiger partial charge in [0.05, 0.1) is 5.00 Å². The van der Waals surface area contributed by atoms with Crippen LogP contribution in [0.2, 0.25) is 0 Å². The number of aliphatic imine (C=N–C) groups is 1. The summed E-state index contributed by atoms with van der Waals surface area (Å²) < 4.78 is 13.2. The van der Waals surface area contributed by atoms with E-state index in [0.717, 1.165) is 50.4 Å². The molecule has 6 heteroatoms. The van der Waals surface area contributed by atoms with E-state index in [1.165, 1.54) is 11.1 Å². The van der Waals surface area contributed by atoms with Crippen molar-refractivity contribution in [1.82, 2.24) is 10.6 Å². The molecule has 4 nitrogen and oxygen atoms in total. The summed E-state index contributed by atoms with van der Waals surface area (Å²) in [5.41, 5.74) is 0.993. The van der Waals surface area contributed by atoms with Crippen LogP contribution in [-0.4, -0.2) is 38.7 Å². The normalized spacial score (nSPS) is 16.1. The van der Waals surface area contributed by atoms with E-state index in [1.807, 2.05) is 6.07 Å². The third kappa shape index (κ3) is 5.19. The second kappa shape index (κ2) is 8.85. The van der Waals surface area contributed by atoms with Gasteiger partial charge in [0.25, 0.3) is 0 Å². The second-order valence-corrected chi connectivity index (χ2v) is 7.16. The summed E-state index contributed by atoms with van der Waals surface area (Å²) in [6.45, 7) is 2.87. The maximum Gasteiger partial charge on any atom is 0.191 e. The lowest BCUT2D eigenvalue weighted by Gasteiger charge is -2.33. The van der Waals surface area contributed by atoms with E-state index in [2.05, 4.69) is 38.0 Å². The van der Waals surface area contributed by atoms with Gasteiger partial charge in [-0.25, -0.2) is 4.39 Å². The first-order chi connectivity index (χ1) is 12.2. The molecule has 1 aromatic carbocycles. The van der Waals surface area contributed by atoms with Crippen LogP contribution in [0, 0.1) is 5.82 Å². The number of guanidine groups is 1. The molecule has 1 aliphatic heterocycles. The molecule has 0 saturated carbocycles.